The fourth-order valence-electron chi connectivity index (χ4n) is 4.77. The molecule has 2 heteroatoms. The molecular weight excluding hydrogens is 502 g/mol. The Bertz CT molecular complexity index is 1660. The van der Waals surface area contributed by atoms with Crippen molar-refractivity contribution < 1.29 is 0 Å². The summed E-state index contributed by atoms with van der Waals surface area (Å²) in [6.45, 7) is 0. The molecule has 0 saturated carbocycles. The van der Waals surface area contributed by atoms with Crippen molar-refractivity contribution in [2.24, 2.45) is 0 Å². The van der Waals surface area contributed by atoms with Crippen molar-refractivity contribution >= 4 is 52.7 Å². The molecule has 0 N–H and O–H groups in total. The van der Waals surface area contributed by atoms with Gasteiger partial charge in [-0.2, -0.15) is 11.3 Å². The summed E-state index contributed by atoms with van der Waals surface area (Å²) in [6, 6.07) is 49.2. The van der Waals surface area contributed by atoms with E-state index in [1.807, 2.05) is 0 Å². The standard InChI is InChI=1S/C38H29NS/c1-4-10-33(11-5-1)38-28-31(18-22-34(38)23-19-32-26-27-40-29-32)17-16-30-20-24-37(25-21-30)39(35-12-6-2-7-13-35)36-14-8-3-9-15-36/h1-29H/b17-16+,23-19+. The third kappa shape index (κ3) is 6.04. The molecule has 1 heterocycles. The van der Waals surface area contributed by atoms with E-state index in [0.717, 1.165) is 22.6 Å². The number of thiophene rings is 1. The molecule has 40 heavy (non-hydrogen) atoms. The van der Waals surface area contributed by atoms with Crippen LogP contribution in [0.15, 0.2) is 150 Å². The van der Waals surface area contributed by atoms with Gasteiger partial charge in [0.2, 0.25) is 0 Å². The average molecular weight is 532 g/mol. The molecule has 192 valence electrons. The Morgan fingerprint density at radius 3 is 1.62 bits per heavy atom. The first-order valence-corrected chi connectivity index (χ1v) is 14.4. The van der Waals surface area contributed by atoms with Gasteiger partial charge in [0.25, 0.3) is 0 Å². The van der Waals surface area contributed by atoms with E-state index in [2.05, 4.69) is 179 Å². The lowest BCUT2D eigenvalue weighted by atomic mass is 9.96. The minimum Gasteiger partial charge on any atom is -0.311 e. The first kappa shape index (κ1) is 25.4. The molecule has 0 saturated heterocycles. The summed E-state index contributed by atoms with van der Waals surface area (Å²) in [5.74, 6) is 0. The van der Waals surface area contributed by atoms with E-state index in [1.54, 1.807) is 11.3 Å². The van der Waals surface area contributed by atoms with Gasteiger partial charge in [-0.1, -0.05) is 115 Å². The molecule has 1 aromatic heterocycles. The van der Waals surface area contributed by atoms with Crippen LogP contribution in [0, 0.1) is 0 Å². The smallest absolute Gasteiger partial charge is 0.0462 e. The van der Waals surface area contributed by atoms with Crippen LogP contribution in [0.1, 0.15) is 22.3 Å². The first-order valence-electron chi connectivity index (χ1n) is 13.4. The quantitative estimate of drug-likeness (QED) is 0.177. The Morgan fingerprint density at radius 1 is 0.450 bits per heavy atom. The van der Waals surface area contributed by atoms with Crippen molar-refractivity contribution in [2.75, 3.05) is 4.90 Å². The van der Waals surface area contributed by atoms with E-state index in [9.17, 15) is 0 Å². The second-order valence-electron chi connectivity index (χ2n) is 9.53. The predicted molar refractivity (Wildman–Crippen MR) is 175 cm³/mol. The summed E-state index contributed by atoms with van der Waals surface area (Å²) < 4.78 is 0. The summed E-state index contributed by atoms with van der Waals surface area (Å²) in [5, 5.41) is 4.28. The molecule has 0 bridgehead atoms. The molecule has 6 rings (SSSR count). The highest BCUT2D eigenvalue weighted by Gasteiger charge is 2.11. The van der Waals surface area contributed by atoms with E-state index in [-0.39, 0.29) is 0 Å². The molecule has 5 aromatic carbocycles. The average Bonchev–Trinajstić information content (AvgIpc) is 3.55. The monoisotopic (exact) mass is 531 g/mol. The molecule has 0 atom stereocenters. The Hall–Kier alpha value is -4.92. The van der Waals surface area contributed by atoms with Crippen LogP contribution in [-0.2, 0) is 0 Å². The molecule has 0 aliphatic heterocycles. The lowest BCUT2D eigenvalue weighted by molar-refractivity contribution is 1.28. The van der Waals surface area contributed by atoms with E-state index in [4.69, 9.17) is 0 Å². The van der Waals surface area contributed by atoms with Crippen LogP contribution in [0.2, 0.25) is 0 Å². The third-order valence-electron chi connectivity index (χ3n) is 6.81. The lowest BCUT2D eigenvalue weighted by Gasteiger charge is -2.25. The molecule has 0 radical (unpaired) electrons. The summed E-state index contributed by atoms with van der Waals surface area (Å²) in [4.78, 5) is 2.28. The Morgan fingerprint density at radius 2 is 1.00 bits per heavy atom. The van der Waals surface area contributed by atoms with Crippen LogP contribution in [0.25, 0.3) is 35.4 Å². The van der Waals surface area contributed by atoms with Gasteiger partial charge in [-0.05, 0) is 92.7 Å². The largest absolute Gasteiger partial charge is 0.311 e. The number of nitrogens with zero attached hydrogens (tertiary/aromatic N) is 1. The van der Waals surface area contributed by atoms with Gasteiger partial charge in [-0.3, -0.25) is 0 Å². The fourth-order valence-corrected chi connectivity index (χ4v) is 5.40. The highest BCUT2D eigenvalue weighted by Crippen LogP contribution is 2.34. The number of para-hydroxylation sites is 2. The fraction of sp³-hybridized carbons (Fsp3) is 0. The molecule has 1 nitrogen and oxygen atoms in total. The zero-order valence-corrected chi connectivity index (χ0v) is 22.9. The third-order valence-corrected chi connectivity index (χ3v) is 7.51. The van der Waals surface area contributed by atoms with Crippen LogP contribution in [0.5, 0.6) is 0 Å². The molecule has 0 fully saturated rings. The second kappa shape index (κ2) is 12.3. The van der Waals surface area contributed by atoms with Crippen LogP contribution in [0.3, 0.4) is 0 Å². The van der Waals surface area contributed by atoms with Gasteiger partial charge in [-0.25, -0.2) is 0 Å². The van der Waals surface area contributed by atoms with Crippen molar-refractivity contribution in [2.45, 2.75) is 0 Å². The van der Waals surface area contributed by atoms with E-state index >= 15 is 0 Å². The molecule has 6 aromatic rings. The van der Waals surface area contributed by atoms with Crippen LogP contribution < -0.4 is 4.90 Å². The van der Waals surface area contributed by atoms with E-state index in [0.29, 0.717) is 0 Å². The van der Waals surface area contributed by atoms with Crippen molar-refractivity contribution in [3.05, 3.63) is 173 Å². The molecule has 0 amide bonds. The van der Waals surface area contributed by atoms with Gasteiger partial charge in [0, 0.05) is 17.1 Å². The van der Waals surface area contributed by atoms with Crippen molar-refractivity contribution in [3.8, 4) is 11.1 Å². The summed E-state index contributed by atoms with van der Waals surface area (Å²) in [5.41, 5.74) is 10.6. The maximum absolute atomic E-state index is 2.28. The lowest BCUT2D eigenvalue weighted by Crippen LogP contribution is -2.09. The maximum Gasteiger partial charge on any atom is 0.0462 e. The highest BCUT2D eigenvalue weighted by molar-refractivity contribution is 7.08. The van der Waals surface area contributed by atoms with E-state index < -0.39 is 0 Å². The van der Waals surface area contributed by atoms with Gasteiger partial charge in [0.05, 0.1) is 0 Å². The molecule has 0 aliphatic rings. The molecular formula is C38H29NS. The zero-order valence-electron chi connectivity index (χ0n) is 22.1. The second-order valence-corrected chi connectivity index (χ2v) is 10.3. The summed E-state index contributed by atoms with van der Waals surface area (Å²) >= 11 is 1.72. The minimum absolute atomic E-state index is 1.13. The van der Waals surface area contributed by atoms with Crippen LogP contribution in [-0.4, -0.2) is 0 Å². The summed E-state index contributed by atoms with van der Waals surface area (Å²) in [7, 11) is 0. The Balaban J connectivity index is 1.27. The van der Waals surface area contributed by atoms with Gasteiger partial charge < -0.3 is 4.90 Å². The van der Waals surface area contributed by atoms with E-state index in [1.165, 1.54) is 27.8 Å². The number of anilines is 3. The minimum atomic E-state index is 1.13. The number of benzene rings is 5. The van der Waals surface area contributed by atoms with Crippen LogP contribution >= 0.6 is 11.3 Å². The van der Waals surface area contributed by atoms with Crippen molar-refractivity contribution in [1.82, 2.24) is 0 Å². The topological polar surface area (TPSA) is 3.24 Å². The molecule has 0 spiro atoms. The van der Waals surface area contributed by atoms with Crippen LogP contribution in [0.4, 0.5) is 17.1 Å². The SMILES string of the molecule is C(=C\c1ccc(/C=C/c2ccsc2)c(-c2ccccc2)c1)/c1ccc(N(c2ccccc2)c2ccccc2)cc1. The Labute approximate surface area is 240 Å². The maximum atomic E-state index is 2.28. The number of rotatable bonds is 8. The highest BCUT2D eigenvalue weighted by atomic mass is 32.1. The zero-order chi connectivity index (χ0) is 27.0. The number of hydrogen-bond acceptors (Lipinski definition) is 2. The van der Waals surface area contributed by atoms with Crippen molar-refractivity contribution in [1.29, 1.82) is 0 Å². The summed E-state index contributed by atoms with van der Waals surface area (Å²) in [6.07, 6.45) is 8.77. The predicted octanol–water partition coefficient (Wildman–Crippen LogP) is 11.2. The molecule has 0 unspecified atom stereocenters. The van der Waals surface area contributed by atoms with Gasteiger partial charge >= 0.3 is 0 Å². The normalized spacial score (nSPS) is 11.3. The van der Waals surface area contributed by atoms with Gasteiger partial charge in [-0.15, -0.1) is 0 Å². The van der Waals surface area contributed by atoms with Gasteiger partial charge in [0.15, 0.2) is 0 Å². The Kier molecular flexibility index (Phi) is 7.79. The van der Waals surface area contributed by atoms with Crippen molar-refractivity contribution in [3.63, 3.8) is 0 Å². The number of hydrogen-bond donors (Lipinski definition) is 0. The van der Waals surface area contributed by atoms with Gasteiger partial charge in [0.1, 0.15) is 0 Å². The first-order chi connectivity index (χ1) is 19.8. The molecule has 0 aliphatic carbocycles.